The van der Waals surface area contributed by atoms with Crippen LogP contribution in [0.3, 0.4) is 0 Å². The number of benzene rings is 1. The van der Waals surface area contributed by atoms with Gasteiger partial charge in [-0.1, -0.05) is 38.0 Å². The molecule has 4 nitrogen and oxygen atoms in total. The Morgan fingerprint density at radius 3 is 2.78 bits per heavy atom. The molecular weight excluding hydrogens is 244 g/mol. The first kappa shape index (κ1) is 14.6. The minimum atomic E-state index is -0.0284. The molecule has 0 atom stereocenters. The zero-order chi connectivity index (χ0) is 13.2. The minimum Gasteiger partial charge on any atom is -0.369 e. The first-order valence-corrected chi connectivity index (χ1v) is 7.06. The van der Waals surface area contributed by atoms with Crippen LogP contribution in [0.15, 0.2) is 39.4 Å². The Morgan fingerprint density at radius 2 is 2.06 bits per heavy atom. The largest absolute Gasteiger partial charge is 0.369 e. The Balaban J connectivity index is 2.61. The normalized spacial score (nSPS) is 10.7. The second kappa shape index (κ2) is 8.58. The highest BCUT2D eigenvalue weighted by molar-refractivity contribution is 7.99. The number of hydrogen-bond donors (Lipinski definition) is 2. The average Bonchev–Trinajstić information content (AvgIpc) is 2.36. The fraction of sp³-hybridized carbons (Fsp3) is 0.385. The molecule has 0 aliphatic carbocycles. The Hall–Kier alpha value is -1.49. The molecule has 0 bridgehead atoms. The Bertz CT molecular complexity index is 411. The van der Waals surface area contributed by atoms with E-state index in [0.29, 0.717) is 0 Å². The molecular formula is C13H20N4S. The number of unbranched alkanes of at least 4 members (excludes halogenated alkanes) is 2. The molecule has 0 saturated heterocycles. The lowest BCUT2D eigenvalue weighted by molar-refractivity contribution is 0.778. The van der Waals surface area contributed by atoms with Gasteiger partial charge in [0.25, 0.3) is 0 Å². The molecule has 4 N–H and O–H groups in total. The fourth-order valence-corrected chi connectivity index (χ4v) is 2.44. The van der Waals surface area contributed by atoms with Crippen molar-refractivity contribution in [1.82, 2.24) is 0 Å². The van der Waals surface area contributed by atoms with Crippen LogP contribution in [0.2, 0.25) is 0 Å². The van der Waals surface area contributed by atoms with Crippen LogP contribution in [0.1, 0.15) is 31.7 Å². The third kappa shape index (κ3) is 5.72. The number of hydrogen-bond acceptors (Lipinski definition) is 3. The van der Waals surface area contributed by atoms with E-state index in [2.05, 4.69) is 23.2 Å². The van der Waals surface area contributed by atoms with Gasteiger partial charge in [0.1, 0.15) is 0 Å². The predicted molar refractivity (Wildman–Crippen MR) is 80.1 cm³/mol. The van der Waals surface area contributed by atoms with Crippen LogP contribution >= 0.6 is 11.8 Å². The molecule has 5 heteroatoms. The molecule has 0 aliphatic rings. The summed E-state index contributed by atoms with van der Waals surface area (Å²) in [6.07, 6.45) is 5.44. The molecule has 18 heavy (non-hydrogen) atoms. The SMILES string of the molecule is CCCCCSc1ccccc1C=NN=C(N)N. The van der Waals surface area contributed by atoms with Crippen LogP contribution in [-0.2, 0) is 0 Å². The molecule has 0 radical (unpaired) electrons. The van der Waals surface area contributed by atoms with E-state index in [1.807, 2.05) is 30.0 Å². The van der Waals surface area contributed by atoms with Crippen LogP contribution in [0.25, 0.3) is 0 Å². The summed E-state index contributed by atoms with van der Waals surface area (Å²) in [5.74, 6) is 1.10. The molecule has 1 aromatic carbocycles. The van der Waals surface area contributed by atoms with Gasteiger partial charge in [0.15, 0.2) is 0 Å². The molecule has 0 spiro atoms. The molecule has 0 heterocycles. The molecule has 0 aromatic heterocycles. The van der Waals surface area contributed by atoms with Gasteiger partial charge >= 0.3 is 0 Å². The van der Waals surface area contributed by atoms with E-state index in [4.69, 9.17) is 11.5 Å². The smallest absolute Gasteiger partial charge is 0.211 e. The molecule has 0 unspecified atom stereocenters. The van der Waals surface area contributed by atoms with Gasteiger partial charge in [0.2, 0.25) is 5.96 Å². The third-order valence-corrected chi connectivity index (χ3v) is 3.47. The summed E-state index contributed by atoms with van der Waals surface area (Å²) < 4.78 is 0. The summed E-state index contributed by atoms with van der Waals surface area (Å²) in [6, 6.07) is 8.11. The van der Waals surface area contributed by atoms with Gasteiger partial charge in [-0.3, -0.25) is 0 Å². The Labute approximate surface area is 113 Å². The second-order valence-electron chi connectivity index (χ2n) is 3.86. The topological polar surface area (TPSA) is 76.8 Å². The number of rotatable bonds is 7. The van der Waals surface area contributed by atoms with Crippen molar-refractivity contribution in [3.63, 3.8) is 0 Å². The van der Waals surface area contributed by atoms with Crippen molar-refractivity contribution >= 4 is 23.9 Å². The number of guanidine groups is 1. The average molecular weight is 264 g/mol. The van der Waals surface area contributed by atoms with E-state index in [1.165, 1.54) is 24.2 Å². The van der Waals surface area contributed by atoms with Gasteiger partial charge in [-0.25, -0.2) is 0 Å². The minimum absolute atomic E-state index is 0.0284. The van der Waals surface area contributed by atoms with Gasteiger partial charge in [-0.05, 0) is 18.2 Å². The molecule has 1 aromatic rings. The van der Waals surface area contributed by atoms with Crippen LogP contribution < -0.4 is 11.5 Å². The molecule has 0 saturated carbocycles. The van der Waals surface area contributed by atoms with E-state index in [0.717, 1.165) is 11.3 Å². The highest BCUT2D eigenvalue weighted by Gasteiger charge is 1.99. The zero-order valence-corrected chi connectivity index (χ0v) is 11.5. The van der Waals surface area contributed by atoms with Gasteiger partial charge in [0, 0.05) is 10.5 Å². The van der Waals surface area contributed by atoms with E-state index in [1.54, 1.807) is 6.21 Å². The molecule has 0 aliphatic heterocycles. The number of nitrogens with two attached hydrogens (primary N) is 2. The third-order valence-electron chi connectivity index (χ3n) is 2.29. The lowest BCUT2D eigenvalue weighted by Gasteiger charge is -2.04. The van der Waals surface area contributed by atoms with Crippen molar-refractivity contribution in [2.24, 2.45) is 21.7 Å². The first-order valence-electron chi connectivity index (χ1n) is 6.08. The second-order valence-corrected chi connectivity index (χ2v) is 5.00. The predicted octanol–water partition coefficient (Wildman–Crippen LogP) is 2.58. The lowest BCUT2D eigenvalue weighted by atomic mass is 10.2. The highest BCUT2D eigenvalue weighted by atomic mass is 32.2. The maximum Gasteiger partial charge on any atom is 0.211 e. The van der Waals surface area contributed by atoms with E-state index >= 15 is 0 Å². The standard InChI is InChI=1S/C13H20N4S/c1-2-3-6-9-18-12-8-5-4-7-11(12)10-16-17-13(14)15/h4-5,7-8,10H,2-3,6,9H2,1H3,(H4,14,15,17). The highest BCUT2D eigenvalue weighted by Crippen LogP contribution is 2.22. The van der Waals surface area contributed by atoms with Gasteiger partial charge < -0.3 is 11.5 Å². The van der Waals surface area contributed by atoms with Crippen LogP contribution in [0.5, 0.6) is 0 Å². The summed E-state index contributed by atoms with van der Waals surface area (Å²) in [6.45, 7) is 2.21. The molecule has 1 rings (SSSR count). The molecule has 98 valence electrons. The number of thioether (sulfide) groups is 1. The summed E-state index contributed by atoms with van der Waals surface area (Å²) in [7, 11) is 0. The summed E-state index contributed by atoms with van der Waals surface area (Å²) in [4.78, 5) is 1.21. The van der Waals surface area contributed by atoms with Crippen LogP contribution in [0.4, 0.5) is 0 Å². The van der Waals surface area contributed by atoms with E-state index in [9.17, 15) is 0 Å². The monoisotopic (exact) mass is 264 g/mol. The number of nitrogens with zero attached hydrogens (tertiary/aromatic N) is 2. The Kier molecular flexibility index (Phi) is 6.94. The van der Waals surface area contributed by atoms with Gasteiger partial charge in [-0.2, -0.15) is 5.10 Å². The van der Waals surface area contributed by atoms with Crippen LogP contribution in [-0.4, -0.2) is 17.9 Å². The van der Waals surface area contributed by atoms with Crippen molar-refractivity contribution in [1.29, 1.82) is 0 Å². The van der Waals surface area contributed by atoms with E-state index in [-0.39, 0.29) is 5.96 Å². The summed E-state index contributed by atoms with van der Waals surface area (Å²) in [5.41, 5.74) is 11.5. The van der Waals surface area contributed by atoms with Gasteiger partial charge in [0.05, 0.1) is 6.21 Å². The van der Waals surface area contributed by atoms with Crippen molar-refractivity contribution in [2.45, 2.75) is 31.1 Å². The quantitative estimate of drug-likeness (QED) is 0.261. The molecule has 0 fully saturated rings. The van der Waals surface area contributed by atoms with Crippen molar-refractivity contribution in [2.75, 3.05) is 5.75 Å². The fourth-order valence-electron chi connectivity index (χ4n) is 1.41. The first-order chi connectivity index (χ1) is 8.74. The molecule has 0 amide bonds. The maximum absolute atomic E-state index is 5.22. The van der Waals surface area contributed by atoms with E-state index < -0.39 is 0 Å². The lowest BCUT2D eigenvalue weighted by Crippen LogP contribution is -2.21. The summed E-state index contributed by atoms with van der Waals surface area (Å²) >= 11 is 1.84. The Morgan fingerprint density at radius 1 is 1.28 bits per heavy atom. The van der Waals surface area contributed by atoms with Crippen molar-refractivity contribution in [3.8, 4) is 0 Å². The van der Waals surface area contributed by atoms with Crippen LogP contribution in [0, 0.1) is 0 Å². The maximum atomic E-state index is 5.22. The summed E-state index contributed by atoms with van der Waals surface area (Å²) in [5, 5.41) is 7.45. The van der Waals surface area contributed by atoms with Crippen molar-refractivity contribution < 1.29 is 0 Å². The zero-order valence-electron chi connectivity index (χ0n) is 10.7. The van der Waals surface area contributed by atoms with Crippen molar-refractivity contribution in [3.05, 3.63) is 29.8 Å². The van der Waals surface area contributed by atoms with Gasteiger partial charge in [-0.15, -0.1) is 16.9 Å².